The Morgan fingerprint density at radius 3 is 2.37 bits per heavy atom. The van der Waals surface area contributed by atoms with Crippen LogP contribution in [0.5, 0.6) is 0 Å². The van der Waals surface area contributed by atoms with E-state index in [-0.39, 0.29) is 0 Å². The summed E-state index contributed by atoms with van der Waals surface area (Å²) in [5.41, 5.74) is 0. The zero-order chi connectivity index (χ0) is 14.6. The number of hydrogen-bond acceptors (Lipinski definition) is 5. The summed E-state index contributed by atoms with van der Waals surface area (Å²) in [7, 11) is 0. The molecule has 0 saturated heterocycles. The highest BCUT2D eigenvalue weighted by Gasteiger charge is 2.36. The highest BCUT2D eigenvalue weighted by molar-refractivity contribution is 8.00. The van der Waals surface area contributed by atoms with Crippen molar-refractivity contribution in [3.8, 4) is 0 Å². The number of hydrogen-bond donors (Lipinski definition) is 1. The van der Waals surface area contributed by atoms with Gasteiger partial charge in [-0.2, -0.15) is 11.8 Å². The topological polar surface area (TPSA) is 46.5 Å². The lowest BCUT2D eigenvalue weighted by Crippen LogP contribution is -2.37. The largest absolute Gasteiger partial charge is 0.463 e. The molecule has 0 amide bonds. The quantitative estimate of drug-likeness (QED) is 0.338. The van der Waals surface area contributed by atoms with Crippen LogP contribution in [0.2, 0.25) is 0 Å². The van der Waals surface area contributed by atoms with E-state index in [2.05, 4.69) is 6.92 Å². The van der Waals surface area contributed by atoms with Crippen LogP contribution in [-0.4, -0.2) is 40.9 Å². The molecular formula is C14H28O3S2. The number of thioether (sulfide) groups is 2. The number of unbranched alkanes of at least 4 members (excludes halogenated alkanes) is 5. The van der Waals surface area contributed by atoms with Gasteiger partial charge in [0, 0.05) is 6.42 Å². The van der Waals surface area contributed by atoms with Crippen molar-refractivity contribution < 1.29 is 14.6 Å². The van der Waals surface area contributed by atoms with E-state index in [0.29, 0.717) is 13.0 Å². The summed E-state index contributed by atoms with van der Waals surface area (Å²) in [6.07, 6.45) is 11.1. The van der Waals surface area contributed by atoms with Crippen molar-refractivity contribution in [1.82, 2.24) is 0 Å². The van der Waals surface area contributed by atoms with Gasteiger partial charge in [0.1, 0.15) is 0 Å². The Hall–Kier alpha value is 0.130. The van der Waals surface area contributed by atoms with Crippen molar-refractivity contribution in [2.75, 3.05) is 24.9 Å². The highest BCUT2D eigenvalue weighted by atomic mass is 32.2. The number of carbonyl (C=O) groups is 1. The summed E-state index contributed by atoms with van der Waals surface area (Å²) in [4.78, 5) is 10.5. The second-order valence-electron chi connectivity index (χ2n) is 4.63. The minimum absolute atomic E-state index is 0.424. The summed E-state index contributed by atoms with van der Waals surface area (Å²) >= 11 is 2.78. The van der Waals surface area contributed by atoms with E-state index in [9.17, 15) is 9.90 Å². The Balaban J connectivity index is 3.76. The first-order valence-electron chi connectivity index (χ1n) is 7.04. The highest BCUT2D eigenvalue weighted by Crippen LogP contribution is 2.26. The van der Waals surface area contributed by atoms with Gasteiger partial charge in [-0.25, -0.2) is 4.79 Å². The van der Waals surface area contributed by atoms with Crippen LogP contribution in [0.4, 0.5) is 0 Å². The van der Waals surface area contributed by atoms with Gasteiger partial charge < -0.3 is 9.84 Å². The molecule has 0 aliphatic rings. The maximum absolute atomic E-state index is 11.8. The lowest BCUT2D eigenvalue weighted by Gasteiger charge is -2.23. The SMILES string of the molecule is CCCCCCCCOC(=O)C(O)(CCSC)SC. The van der Waals surface area contributed by atoms with Crippen LogP contribution >= 0.6 is 23.5 Å². The molecule has 0 saturated carbocycles. The Bertz CT molecular complexity index is 237. The van der Waals surface area contributed by atoms with Gasteiger partial charge >= 0.3 is 5.97 Å². The van der Waals surface area contributed by atoms with E-state index in [0.717, 1.165) is 30.4 Å². The van der Waals surface area contributed by atoms with Crippen molar-refractivity contribution in [2.24, 2.45) is 0 Å². The fraction of sp³-hybridized carbons (Fsp3) is 0.929. The third-order valence-corrected chi connectivity index (χ3v) is 4.69. The van der Waals surface area contributed by atoms with Crippen LogP contribution in [0.25, 0.3) is 0 Å². The lowest BCUT2D eigenvalue weighted by atomic mass is 10.1. The zero-order valence-electron chi connectivity index (χ0n) is 12.4. The molecule has 0 aliphatic carbocycles. The predicted molar refractivity (Wildman–Crippen MR) is 85.8 cm³/mol. The van der Waals surface area contributed by atoms with Gasteiger partial charge in [-0.05, 0) is 24.7 Å². The van der Waals surface area contributed by atoms with E-state index in [1.54, 1.807) is 18.0 Å². The first kappa shape index (κ1) is 19.1. The second-order valence-corrected chi connectivity index (χ2v) is 6.70. The molecule has 19 heavy (non-hydrogen) atoms. The number of ether oxygens (including phenoxy) is 1. The first-order chi connectivity index (χ1) is 9.10. The van der Waals surface area contributed by atoms with Gasteiger partial charge in [0.25, 0.3) is 0 Å². The Morgan fingerprint density at radius 1 is 1.16 bits per heavy atom. The maximum Gasteiger partial charge on any atom is 0.348 e. The van der Waals surface area contributed by atoms with Gasteiger partial charge in [0.2, 0.25) is 4.93 Å². The molecule has 0 fully saturated rings. The van der Waals surface area contributed by atoms with Crippen molar-refractivity contribution >= 4 is 29.5 Å². The molecule has 1 atom stereocenters. The molecule has 0 heterocycles. The fourth-order valence-electron chi connectivity index (χ4n) is 1.69. The number of carbonyl (C=O) groups excluding carboxylic acids is 1. The molecule has 0 aromatic heterocycles. The molecule has 0 aliphatic heterocycles. The summed E-state index contributed by atoms with van der Waals surface area (Å²) in [6, 6.07) is 0. The lowest BCUT2D eigenvalue weighted by molar-refractivity contribution is -0.156. The van der Waals surface area contributed by atoms with Crippen molar-refractivity contribution in [3.63, 3.8) is 0 Å². The molecule has 0 radical (unpaired) electrons. The summed E-state index contributed by atoms with van der Waals surface area (Å²) in [6.45, 7) is 2.62. The summed E-state index contributed by atoms with van der Waals surface area (Å²) in [5.74, 6) is 0.270. The molecule has 3 nitrogen and oxygen atoms in total. The van der Waals surface area contributed by atoms with Crippen LogP contribution in [0.15, 0.2) is 0 Å². The molecule has 0 aromatic carbocycles. The van der Waals surface area contributed by atoms with Crippen LogP contribution in [-0.2, 0) is 9.53 Å². The standard InChI is InChI=1S/C14H28O3S2/c1-4-5-6-7-8-9-11-17-13(15)14(16,19-3)10-12-18-2/h16H,4-12H2,1-3H3. The maximum atomic E-state index is 11.8. The van der Waals surface area contributed by atoms with Crippen molar-refractivity contribution in [2.45, 2.75) is 56.8 Å². The van der Waals surface area contributed by atoms with E-state index in [1.807, 2.05) is 6.26 Å². The molecule has 5 heteroatoms. The number of rotatable bonds is 12. The van der Waals surface area contributed by atoms with Gasteiger partial charge in [0.15, 0.2) is 0 Å². The van der Waals surface area contributed by atoms with Crippen LogP contribution in [0.3, 0.4) is 0 Å². The molecule has 0 aromatic rings. The van der Waals surface area contributed by atoms with E-state index in [4.69, 9.17) is 4.74 Å². The number of aliphatic hydroxyl groups is 1. The van der Waals surface area contributed by atoms with E-state index >= 15 is 0 Å². The van der Waals surface area contributed by atoms with Crippen LogP contribution < -0.4 is 0 Å². The normalized spacial score (nSPS) is 14.1. The molecule has 0 rings (SSSR count). The summed E-state index contributed by atoms with van der Waals surface area (Å²) in [5, 5.41) is 10.2. The molecular weight excluding hydrogens is 280 g/mol. The minimum atomic E-state index is -1.37. The molecule has 1 unspecified atom stereocenters. The minimum Gasteiger partial charge on any atom is -0.463 e. The molecule has 114 valence electrons. The van der Waals surface area contributed by atoms with Crippen molar-refractivity contribution in [1.29, 1.82) is 0 Å². The average Bonchev–Trinajstić information content (AvgIpc) is 2.43. The van der Waals surface area contributed by atoms with Gasteiger partial charge in [-0.3, -0.25) is 0 Å². The second kappa shape index (κ2) is 11.9. The fourth-order valence-corrected chi connectivity index (χ4v) is 2.85. The zero-order valence-corrected chi connectivity index (χ0v) is 14.1. The van der Waals surface area contributed by atoms with Gasteiger partial charge in [-0.15, -0.1) is 11.8 Å². The predicted octanol–water partition coefficient (Wildman–Crippen LogP) is 3.69. The molecule has 0 bridgehead atoms. The molecule has 0 spiro atoms. The molecule has 1 N–H and O–H groups in total. The first-order valence-corrected chi connectivity index (χ1v) is 9.66. The van der Waals surface area contributed by atoms with Crippen molar-refractivity contribution in [3.05, 3.63) is 0 Å². The van der Waals surface area contributed by atoms with Crippen LogP contribution in [0.1, 0.15) is 51.9 Å². The number of esters is 1. The van der Waals surface area contributed by atoms with Gasteiger partial charge in [-0.1, -0.05) is 39.0 Å². The summed E-state index contributed by atoms with van der Waals surface area (Å²) < 4.78 is 5.18. The van der Waals surface area contributed by atoms with Crippen LogP contribution in [0, 0.1) is 0 Å². The van der Waals surface area contributed by atoms with E-state index < -0.39 is 10.9 Å². The Kier molecular flexibility index (Phi) is 12.0. The Morgan fingerprint density at radius 2 is 1.79 bits per heavy atom. The third-order valence-electron chi connectivity index (χ3n) is 3.03. The smallest absolute Gasteiger partial charge is 0.348 e. The third kappa shape index (κ3) is 8.82. The van der Waals surface area contributed by atoms with E-state index in [1.165, 1.54) is 25.7 Å². The monoisotopic (exact) mass is 308 g/mol. The van der Waals surface area contributed by atoms with Gasteiger partial charge in [0.05, 0.1) is 6.61 Å². The average molecular weight is 309 g/mol. The Labute approximate surface area is 126 Å².